The van der Waals surface area contributed by atoms with E-state index in [9.17, 15) is 14.4 Å². The number of terminal acetylenes is 1. The Morgan fingerprint density at radius 2 is 1.70 bits per heavy atom. The summed E-state index contributed by atoms with van der Waals surface area (Å²) >= 11 is 3.39. The smallest absolute Gasteiger partial charge is 0.408 e. The molecule has 0 aromatic heterocycles. The zero-order valence-corrected chi connectivity index (χ0v) is 23.1. The number of ether oxygens (including phenoxy) is 3. The van der Waals surface area contributed by atoms with Crippen LogP contribution >= 0.6 is 15.9 Å². The highest BCUT2D eigenvalue weighted by molar-refractivity contribution is 9.10. The molecule has 0 aliphatic carbocycles. The minimum atomic E-state index is -1.12. The predicted octanol–water partition coefficient (Wildman–Crippen LogP) is 4.11. The topological polar surface area (TPSA) is 94.2 Å². The van der Waals surface area contributed by atoms with Gasteiger partial charge in [-0.25, -0.2) is 9.59 Å². The molecule has 0 radical (unpaired) electrons. The number of hydrogen-bond acceptors (Lipinski definition) is 6. The lowest BCUT2D eigenvalue weighted by atomic mass is 10.0. The third-order valence-electron chi connectivity index (χ3n) is 5.12. The molecule has 9 heteroatoms. The number of esters is 1. The lowest BCUT2D eigenvalue weighted by Crippen LogP contribution is -2.56. The Balaban J connectivity index is 2.30. The average Bonchev–Trinajstić information content (AvgIpc) is 2.85. The molecule has 8 nitrogen and oxygen atoms in total. The molecular weight excluding hydrogens is 540 g/mol. The molecule has 0 unspecified atom stereocenters. The summed E-state index contributed by atoms with van der Waals surface area (Å²) in [5, 5.41) is 2.64. The molecule has 0 heterocycles. The Hall–Kier alpha value is -3.35. The third kappa shape index (κ3) is 10.3. The van der Waals surface area contributed by atoms with Crippen molar-refractivity contribution in [3.8, 4) is 12.3 Å². The molecule has 2 amide bonds. The standard InChI is InChI=1S/C28H33BrN2O6/c1-6-16-31(24(26(33)35-5)19-36-18-21-10-8-7-9-11-21)25(32)23(30-27(34)37-28(2,3)4)17-20-12-14-22(29)15-13-20/h1,7-15,23-24H,16-19H2,2-5H3,(H,30,34)/t23-,24-/m0/s1. The van der Waals surface area contributed by atoms with Crippen molar-refractivity contribution in [1.82, 2.24) is 10.2 Å². The van der Waals surface area contributed by atoms with Gasteiger partial charge in [-0.3, -0.25) is 4.79 Å². The van der Waals surface area contributed by atoms with Crippen LogP contribution in [0.2, 0.25) is 0 Å². The van der Waals surface area contributed by atoms with Gasteiger partial charge in [-0.05, 0) is 44.0 Å². The largest absolute Gasteiger partial charge is 0.467 e. The van der Waals surface area contributed by atoms with Crippen LogP contribution in [0.4, 0.5) is 4.79 Å². The van der Waals surface area contributed by atoms with Gasteiger partial charge in [-0.2, -0.15) is 0 Å². The fourth-order valence-electron chi connectivity index (χ4n) is 3.43. The summed E-state index contributed by atoms with van der Waals surface area (Å²) < 4.78 is 17.0. The van der Waals surface area contributed by atoms with Crippen LogP contribution in [0.15, 0.2) is 59.1 Å². The van der Waals surface area contributed by atoms with Gasteiger partial charge < -0.3 is 24.4 Å². The van der Waals surface area contributed by atoms with Gasteiger partial charge in [0.2, 0.25) is 5.91 Å². The summed E-state index contributed by atoms with van der Waals surface area (Å²) in [5.74, 6) is 1.18. The van der Waals surface area contributed by atoms with Crippen molar-refractivity contribution in [3.63, 3.8) is 0 Å². The van der Waals surface area contributed by atoms with Gasteiger partial charge in [0.1, 0.15) is 11.6 Å². The van der Waals surface area contributed by atoms with E-state index < -0.39 is 35.7 Å². The van der Waals surface area contributed by atoms with E-state index in [1.807, 2.05) is 54.6 Å². The van der Waals surface area contributed by atoms with Crippen molar-refractivity contribution in [2.75, 3.05) is 20.3 Å². The number of methoxy groups -OCH3 is 1. The number of halogens is 1. The van der Waals surface area contributed by atoms with E-state index in [0.29, 0.717) is 0 Å². The zero-order valence-electron chi connectivity index (χ0n) is 21.5. The number of hydrogen-bond donors (Lipinski definition) is 1. The predicted molar refractivity (Wildman–Crippen MR) is 143 cm³/mol. The van der Waals surface area contributed by atoms with Crippen LogP contribution in [-0.4, -0.2) is 60.8 Å². The fourth-order valence-corrected chi connectivity index (χ4v) is 3.69. The first-order valence-corrected chi connectivity index (χ1v) is 12.5. The summed E-state index contributed by atoms with van der Waals surface area (Å²) in [4.78, 5) is 40.3. The third-order valence-corrected chi connectivity index (χ3v) is 5.65. The second-order valence-corrected chi connectivity index (χ2v) is 10.2. The van der Waals surface area contributed by atoms with Crippen molar-refractivity contribution >= 4 is 33.9 Å². The Morgan fingerprint density at radius 1 is 1.05 bits per heavy atom. The number of nitrogens with zero attached hydrogens (tertiary/aromatic N) is 1. The van der Waals surface area contributed by atoms with Gasteiger partial charge in [0, 0.05) is 10.9 Å². The lowest BCUT2D eigenvalue weighted by Gasteiger charge is -2.32. The number of rotatable bonds is 11. The lowest BCUT2D eigenvalue weighted by molar-refractivity contribution is -0.156. The van der Waals surface area contributed by atoms with E-state index >= 15 is 0 Å². The molecule has 0 saturated carbocycles. The van der Waals surface area contributed by atoms with Crippen LogP contribution < -0.4 is 5.32 Å². The number of nitrogens with one attached hydrogen (secondary N) is 1. The van der Waals surface area contributed by atoms with E-state index in [1.165, 1.54) is 12.0 Å². The molecule has 198 valence electrons. The molecule has 0 bridgehead atoms. The minimum absolute atomic E-state index is 0.144. The van der Waals surface area contributed by atoms with Crippen molar-refractivity contribution < 1.29 is 28.6 Å². The molecule has 2 rings (SSSR count). The van der Waals surface area contributed by atoms with Crippen molar-refractivity contribution in [2.24, 2.45) is 0 Å². The van der Waals surface area contributed by atoms with Gasteiger partial charge in [-0.1, -0.05) is 64.3 Å². The molecule has 0 saturated heterocycles. The second-order valence-electron chi connectivity index (χ2n) is 9.24. The number of carbonyl (C=O) groups is 3. The van der Waals surface area contributed by atoms with Crippen molar-refractivity contribution in [1.29, 1.82) is 0 Å². The van der Waals surface area contributed by atoms with Crippen molar-refractivity contribution in [3.05, 3.63) is 70.2 Å². The van der Waals surface area contributed by atoms with Crippen LogP contribution in [0, 0.1) is 12.3 Å². The molecule has 2 aromatic rings. The van der Waals surface area contributed by atoms with Crippen LogP contribution in [0.5, 0.6) is 0 Å². The first-order valence-electron chi connectivity index (χ1n) is 11.7. The Morgan fingerprint density at radius 3 is 2.27 bits per heavy atom. The SMILES string of the molecule is C#CCN(C(=O)[C@H](Cc1ccc(Br)cc1)NC(=O)OC(C)(C)C)[C@@H](COCc1ccccc1)C(=O)OC. The molecule has 0 aliphatic heterocycles. The van der Waals surface area contributed by atoms with Gasteiger partial charge >= 0.3 is 12.1 Å². The highest BCUT2D eigenvalue weighted by atomic mass is 79.9. The normalized spacial score (nSPS) is 12.5. The zero-order chi connectivity index (χ0) is 27.4. The second kappa shape index (κ2) is 14.4. The summed E-state index contributed by atoms with van der Waals surface area (Å²) in [6.07, 6.45) is 4.94. The number of benzene rings is 2. The maximum atomic E-state index is 13.8. The molecular formula is C28H33BrN2O6. The molecule has 0 aliphatic rings. The Bertz CT molecular complexity index is 1080. The molecule has 2 atom stereocenters. The van der Waals surface area contributed by atoms with Crippen LogP contribution in [0.25, 0.3) is 0 Å². The summed E-state index contributed by atoms with van der Waals surface area (Å²) in [7, 11) is 1.23. The van der Waals surface area contributed by atoms with Crippen molar-refractivity contribution in [2.45, 2.75) is 51.5 Å². The molecule has 1 N–H and O–H groups in total. The van der Waals surface area contributed by atoms with Crippen LogP contribution in [-0.2, 0) is 36.8 Å². The fraction of sp³-hybridized carbons (Fsp3) is 0.393. The van der Waals surface area contributed by atoms with Gasteiger partial charge in [-0.15, -0.1) is 6.42 Å². The highest BCUT2D eigenvalue weighted by Crippen LogP contribution is 2.16. The first-order chi connectivity index (χ1) is 17.5. The molecule has 0 spiro atoms. The van der Waals surface area contributed by atoms with Crippen LogP contribution in [0.3, 0.4) is 0 Å². The van der Waals surface area contributed by atoms with E-state index in [1.54, 1.807) is 20.8 Å². The molecule has 37 heavy (non-hydrogen) atoms. The van der Waals surface area contributed by atoms with Gasteiger partial charge in [0.15, 0.2) is 6.04 Å². The Labute approximate surface area is 226 Å². The van der Waals surface area contributed by atoms with E-state index in [4.69, 9.17) is 20.6 Å². The summed E-state index contributed by atoms with van der Waals surface area (Å²) in [6.45, 7) is 5.05. The van der Waals surface area contributed by atoms with Gasteiger partial charge in [0.05, 0.1) is 26.9 Å². The maximum Gasteiger partial charge on any atom is 0.408 e. The molecule has 2 aromatic carbocycles. The first kappa shape index (κ1) is 29.9. The van der Waals surface area contributed by atoms with E-state index in [0.717, 1.165) is 15.6 Å². The Kier molecular flexibility index (Phi) is 11.6. The van der Waals surface area contributed by atoms with Gasteiger partial charge in [0.25, 0.3) is 0 Å². The average molecular weight is 573 g/mol. The number of amides is 2. The molecule has 0 fully saturated rings. The monoisotopic (exact) mass is 572 g/mol. The minimum Gasteiger partial charge on any atom is -0.467 e. The maximum absolute atomic E-state index is 13.8. The number of carbonyl (C=O) groups excluding carboxylic acids is 3. The summed E-state index contributed by atoms with van der Waals surface area (Å²) in [5.41, 5.74) is 0.919. The van der Waals surface area contributed by atoms with E-state index in [2.05, 4.69) is 27.2 Å². The summed E-state index contributed by atoms with van der Waals surface area (Å²) in [6, 6.07) is 14.5. The van der Waals surface area contributed by atoms with E-state index in [-0.39, 0.29) is 26.2 Å². The quantitative estimate of drug-likeness (QED) is 0.322. The number of alkyl carbamates (subject to hydrolysis) is 1. The van der Waals surface area contributed by atoms with Crippen LogP contribution in [0.1, 0.15) is 31.9 Å². The highest BCUT2D eigenvalue weighted by Gasteiger charge is 2.36.